The lowest BCUT2D eigenvalue weighted by molar-refractivity contribution is -0.385. The Bertz CT molecular complexity index is 473. The predicted molar refractivity (Wildman–Crippen MR) is 83.7 cm³/mol. The molecule has 0 amide bonds. The van der Waals surface area contributed by atoms with Crippen LogP contribution < -0.4 is 5.32 Å². The Balaban J connectivity index is 1.97. The van der Waals surface area contributed by atoms with E-state index in [0.29, 0.717) is 18.5 Å². The first-order valence-corrected chi connectivity index (χ1v) is 8.03. The standard InChI is InChI=1S/C15H21BrN2O2/c1-11(12-5-3-2-4-6-12)17-10-13-7-8-14(16)9-15(13)18(19)20/h7-9,11-12,17H,2-6,10H2,1H3/t11-/m0/s1. The maximum atomic E-state index is 11.1. The van der Waals surface area contributed by atoms with E-state index in [1.807, 2.05) is 12.1 Å². The van der Waals surface area contributed by atoms with Crippen molar-refractivity contribution in [3.63, 3.8) is 0 Å². The number of benzene rings is 1. The number of nitro benzene ring substituents is 1. The molecular formula is C15H21BrN2O2. The van der Waals surface area contributed by atoms with Crippen LogP contribution in [0.1, 0.15) is 44.6 Å². The highest BCUT2D eigenvalue weighted by Gasteiger charge is 2.21. The van der Waals surface area contributed by atoms with E-state index in [-0.39, 0.29) is 10.6 Å². The van der Waals surface area contributed by atoms with Crippen molar-refractivity contribution in [2.24, 2.45) is 5.92 Å². The van der Waals surface area contributed by atoms with Gasteiger partial charge < -0.3 is 5.32 Å². The molecule has 0 aromatic heterocycles. The van der Waals surface area contributed by atoms with Gasteiger partial charge in [0, 0.05) is 28.7 Å². The Morgan fingerprint density at radius 2 is 2.10 bits per heavy atom. The molecule has 0 bridgehead atoms. The molecule has 1 aromatic carbocycles. The minimum atomic E-state index is -0.312. The maximum Gasteiger partial charge on any atom is 0.275 e. The van der Waals surface area contributed by atoms with Crippen LogP contribution in [0.5, 0.6) is 0 Å². The average Bonchev–Trinajstić information content (AvgIpc) is 2.46. The van der Waals surface area contributed by atoms with E-state index in [0.717, 1.165) is 10.0 Å². The van der Waals surface area contributed by atoms with Gasteiger partial charge in [0.25, 0.3) is 5.69 Å². The fourth-order valence-electron chi connectivity index (χ4n) is 2.93. The van der Waals surface area contributed by atoms with Gasteiger partial charge in [-0.3, -0.25) is 10.1 Å². The van der Waals surface area contributed by atoms with Gasteiger partial charge in [0.05, 0.1) is 4.92 Å². The molecule has 1 fully saturated rings. The Hall–Kier alpha value is -0.940. The van der Waals surface area contributed by atoms with Gasteiger partial charge >= 0.3 is 0 Å². The summed E-state index contributed by atoms with van der Waals surface area (Å²) in [7, 11) is 0. The molecule has 1 aliphatic rings. The van der Waals surface area contributed by atoms with Crippen molar-refractivity contribution in [1.82, 2.24) is 5.32 Å². The van der Waals surface area contributed by atoms with Crippen LogP contribution in [0.25, 0.3) is 0 Å². The van der Waals surface area contributed by atoms with Crippen LogP contribution in [-0.2, 0) is 6.54 Å². The number of rotatable bonds is 5. The molecule has 0 saturated heterocycles. The zero-order chi connectivity index (χ0) is 14.5. The first-order chi connectivity index (χ1) is 9.58. The number of hydrogen-bond donors (Lipinski definition) is 1. The van der Waals surface area contributed by atoms with Crippen LogP contribution in [0.15, 0.2) is 22.7 Å². The summed E-state index contributed by atoms with van der Waals surface area (Å²) >= 11 is 3.28. The molecule has 1 aromatic rings. The molecule has 1 aliphatic carbocycles. The minimum absolute atomic E-state index is 0.183. The van der Waals surface area contributed by atoms with Crippen LogP contribution >= 0.6 is 15.9 Å². The van der Waals surface area contributed by atoms with Crippen LogP contribution in [-0.4, -0.2) is 11.0 Å². The van der Waals surface area contributed by atoms with Crippen molar-refractivity contribution in [3.8, 4) is 0 Å². The summed E-state index contributed by atoms with van der Waals surface area (Å²) in [5, 5.41) is 14.5. The molecule has 0 aliphatic heterocycles. The number of hydrogen-bond acceptors (Lipinski definition) is 3. The second-order valence-corrected chi connectivity index (χ2v) is 6.51. The number of nitrogens with zero attached hydrogens (tertiary/aromatic N) is 1. The number of nitro groups is 1. The van der Waals surface area contributed by atoms with Gasteiger partial charge in [0.2, 0.25) is 0 Å². The number of nitrogens with one attached hydrogen (secondary N) is 1. The highest BCUT2D eigenvalue weighted by molar-refractivity contribution is 9.10. The van der Waals surface area contributed by atoms with Crippen LogP contribution in [0, 0.1) is 16.0 Å². The third-order valence-electron chi connectivity index (χ3n) is 4.22. The van der Waals surface area contributed by atoms with Crippen LogP contribution in [0.3, 0.4) is 0 Å². The summed E-state index contributed by atoms with van der Waals surface area (Å²) in [5.41, 5.74) is 0.934. The molecule has 0 radical (unpaired) electrons. The lowest BCUT2D eigenvalue weighted by atomic mass is 9.84. The fraction of sp³-hybridized carbons (Fsp3) is 0.600. The van der Waals surface area contributed by atoms with Crippen LogP contribution in [0.4, 0.5) is 5.69 Å². The molecule has 20 heavy (non-hydrogen) atoms. The highest BCUT2D eigenvalue weighted by Crippen LogP contribution is 2.27. The molecule has 1 saturated carbocycles. The molecule has 2 rings (SSSR count). The Morgan fingerprint density at radius 1 is 1.40 bits per heavy atom. The van der Waals surface area contributed by atoms with E-state index in [1.165, 1.54) is 32.1 Å². The van der Waals surface area contributed by atoms with Crippen molar-refractivity contribution in [3.05, 3.63) is 38.3 Å². The van der Waals surface area contributed by atoms with Crippen molar-refractivity contribution >= 4 is 21.6 Å². The first kappa shape index (κ1) is 15.4. The van der Waals surface area contributed by atoms with Crippen molar-refractivity contribution in [2.75, 3.05) is 0 Å². The zero-order valence-corrected chi connectivity index (χ0v) is 13.4. The third-order valence-corrected chi connectivity index (χ3v) is 4.71. The van der Waals surface area contributed by atoms with E-state index in [1.54, 1.807) is 6.07 Å². The van der Waals surface area contributed by atoms with E-state index in [2.05, 4.69) is 28.2 Å². The summed E-state index contributed by atoms with van der Waals surface area (Å²) in [6, 6.07) is 5.67. The van der Waals surface area contributed by atoms with E-state index in [9.17, 15) is 10.1 Å². The van der Waals surface area contributed by atoms with Gasteiger partial charge in [0.1, 0.15) is 0 Å². The number of halogens is 1. The SMILES string of the molecule is C[C@H](NCc1ccc(Br)cc1[N+](=O)[O-])C1CCCCC1. The average molecular weight is 341 g/mol. The van der Waals surface area contributed by atoms with Gasteiger partial charge in [-0.1, -0.05) is 35.2 Å². The van der Waals surface area contributed by atoms with Gasteiger partial charge in [-0.05, 0) is 37.8 Å². The molecule has 0 heterocycles. The molecule has 1 atom stereocenters. The molecule has 1 N–H and O–H groups in total. The van der Waals surface area contributed by atoms with Crippen molar-refractivity contribution < 1.29 is 4.92 Å². The van der Waals surface area contributed by atoms with Crippen LogP contribution in [0.2, 0.25) is 0 Å². The first-order valence-electron chi connectivity index (χ1n) is 7.24. The summed E-state index contributed by atoms with van der Waals surface area (Å²) < 4.78 is 0.744. The maximum absolute atomic E-state index is 11.1. The summed E-state index contributed by atoms with van der Waals surface area (Å²) in [6.45, 7) is 2.75. The smallest absolute Gasteiger partial charge is 0.275 e. The second-order valence-electron chi connectivity index (χ2n) is 5.60. The molecular weight excluding hydrogens is 320 g/mol. The molecule has 0 spiro atoms. The lowest BCUT2D eigenvalue weighted by Gasteiger charge is -2.28. The van der Waals surface area contributed by atoms with Gasteiger partial charge in [0.15, 0.2) is 0 Å². The minimum Gasteiger partial charge on any atom is -0.310 e. The van der Waals surface area contributed by atoms with Gasteiger partial charge in [-0.25, -0.2) is 0 Å². The summed E-state index contributed by atoms with van der Waals surface area (Å²) in [4.78, 5) is 10.8. The topological polar surface area (TPSA) is 55.2 Å². The highest BCUT2D eigenvalue weighted by atomic mass is 79.9. The molecule has 4 nitrogen and oxygen atoms in total. The Kier molecular flexibility index (Phi) is 5.54. The monoisotopic (exact) mass is 340 g/mol. The molecule has 0 unspecified atom stereocenters. The van der Waals surface area contributed by atoms with Gasteiger partial charge in [-0.2, -0.15) is 0 Å². The second kappa shape index (κ2) is 7.18. The quantitative estimate of drug-likeness (QED) is 0.637. The normalized spacial score (nSPS) is 17.9. The van der Waals surface area contributed by atoms with Crippen molar-refractivity contribution in [1.29, 1.82) is 0 Å². The zero-order valence-electron chi connectivity index (χ0n) is 11.8. The Labute approximate surface area is 128 Å². The third kappa shape index (κ3) is 4.03. The summed E-state index contributed by atoms with van der Waals surface area (Å²) in [5.74, 6) is 0.707. The largest absolute Gasteiger partial charge is 0.310 e. The van der Waals surface area contributed by atoms with E-state index in [4.69, 9.17) is 0 Å². The van der Waals surface area contributed by atoms with E-state index >= 15 is 0 Å². The van der Waals surface area contributed by atoms with E-state index < -0.39 is 0 Å². The van der Waals surface area contributed by atoms with Crippen molar-refractivity contribution in [2.45, 2.75) is 51.6 Å². The Morgan fingerprint density at radius 3 is 2.75 bits per heavy atom. The molecule has 5 heteroatoms. The fourth-order valence-corrected chi connectivity index (χ4v) is 3.28. The molecule has 110 valence electrons. The lowest BCUT2D eigenvalue weighted by Crippen LogP contribution is -2.34. The predicted octanol–water partition coefficient (Wildman–Crippen LogP) is 4.42. The summed E-state index contributed by atoms with van der Waals surface area (Å²) in [6.07, 6.45) is 6.53. The van der Waals surface area contributed by atoms with Gasteiger partial charge in [-0.15, -0.1) is 0 Å².